The molecule has 1 aromatic rings. The third-order valence-corrected chi connectivity index (χ3v) is 3.38. The van der Waals surface area contributed by atoms with E-state index in [9.17, 15) is 9.59 Å². The Bertz CT molecular complexity index is 429. The minimum absolute atomic E-state index is 0.122. The summed E-state index contributed by atoms with van der Waals surface area (Å²) in [5, 5.41) is 7.36. The molecule has 0 saturated heterocycles. The normalized spacial score (nSPS) is 10.3. The molecule has 1 rings (SSSR count). The molecule has 0 aliphatic heterocycles. The summed E-state index contributed by atoms with van der Waals surface area (Å²) < 4.78 is 4.96. The van der Waals surface area contributed by atoms with Gasteiger partial charge in [-0.1, -0.05) is 0 Å². The van der Waals surface area contributed by atoms with E-state index in [4.69, 9.17) is 4.74 Å². The van der Waals surface area contributed by atoms with E-state index >= 15 is 0 Å². The molecule has 1 heterocycles. The first-order valence-corrected chi connectivity index (χ1v) is 7.11. The number of rotatable bonds is 6. The molecule has 2 amide bonds. The lowest BCUT2D eigenvalue weighted by atomic mass is 10.3. The molecule has 1 aromatic heterocycles. The molecule has 0 radical (unpaired) electrons. The zero-order valence-corrected chi connectivity index (χ0v) is 12.3. The van der Waals surface area contributed by atoms with Gasteiger partial charge in [-0.15, -0.1) is 11.3 Å². The molecule has 0 aromatic carbocycles. The highest BCUT2D eigenvalue weighted by molar-refractivity contribution is 7.10. The van der Waals surface area contributed by atoms with E-state index in [0.29, 0.717) is 6.54 Å². The summed E-state index contributed by atoms with van der Waals surface area (Å²) in [7, 11) is 0. The first-order chi connectivity index (χ1) is 8.99. The zero-order chi connectivity index (χ0) is 14.3. The van der Waals surface area contributed by atoms with Gasteiger partial charge in [0.1, 0.15) is 0 Å². The van der Waals surface area contributed by atoms with Crippen molar-refractivity contribution in [3.05, 3.63) is 21.9 Å². The largest absolute Gasteiger partial charge is 0.463 e. The van der Waals surface area contributed by atoms with Crippen LogP contribution in [0.25, 0.3) is 0 Å². The number of thiophene rings is 1. The van der Waals surface area contributed by atoms with Gasteiger partial charge in [0.25, 0.3) is 0 Å². The van der Waals surface area contributed by atoms with E-state index in [1.54, 1.807) is 25.2 Å². The van der Waals surface area contributed by atoms with Crippen molar-refractivity contribution in [2.75, 3.05) is 6.54 Å². The van der Waals surface area contributed by atoms with Gasteiger partial charge in [-0.25, -0.2) is 4.79 Å². The van der Waals surface area contributed by atoms with E-state index in [1.165, 1.54) is 5.56 Å². The van der Waals surface area contributed by atoms with Gasteiger partial charge in [-0.05, 0) is 37.8 Å². The maximum absolute atomic E-state index is 11.5. The zero-order valence-electron chi connectivity index (χ0n) is 11.5. The second-order valence-corrected chi connectivity index (χ2v) is 5.43. The molecule has 106 valence electrons. The second-order valence-electron chi connectivity index (χ2n) is 4.42. The highest BCUT2D eigenvalue weighted by atomic mass is 32.1. The third kappa shape index (κ3) is 6.24. The number of hydrogen-bond acceptors (Lipinski definition) is 4. The SMILES string of the molecule is Cc1ccsc1CNC(=O)NCCC(=O)OC(C)C. The van der Waals surface area contributed by atoms with Crippen LogP contribution >= 0.6 is 11.3 Å². The summed E-state index contributed by atoms with van der Waals surface area (Å²) in [4.78, 5) is 23.8. The van der Waals surface area contributed by atoms with Crippen LogP contribution in [0.2, 0.25) is 0 Å². The maximum atomic E-state index is 11.5. The van der Waals surface area contributed by atoms with E-state index in [-0.39, 0.29) is 31.1 Å². The number of aryl methyl sites for hydroxylation is 1. The average molecular weight is 284 g/mol. The average Bonchev–Trinajstić information content (AvgIpc) is 2.71. The van der Waals surface area contributed by atoms with E-state index in [2.05, 4.69) is 10.6 Å². The van der Waals surface area contributed by atoms with Gasteiger partial charge in [-0.2, -0.15) is 0 Å². The highest BCUT2D eigenvalue weighted by Crippen LogP contribution is 2.14. The van der Waals surface area contributed by atoms with Crippen molar-refractivity contribution in [2.45, 2.75) is 39.8 Å². The van der Waals surface area contributed by atoms with Crippen molar-refractivity contribution in [1.82, 2.24) is 10.6 Å². The number of urea groups is 1. The molecule has 19 heavy (non-hydrogen) atoms. The van der Waals surface area contributed by atoms with E-state index in [1.807, 2.05) is 18.4 Å². The highest BCUT2D eigenvalue weighted by Gasteiger charge is 2.07. The molecule has 0 bridgehead atoms. The van der Waals surface area contributed by atoms with E-state index in [0.717, 1.165) is 4.88 Å². The van der Waals surface area contributed by atoms with Gasteiger partial charge in [0.05, 0.1) is 19.1 Å². The Kier molecular flexibility index (Phi) is 6.35. The predicted octanol–water partition coefficient (Wildman–Crippen LogP) is 2.20. The Balaban J connectivity index is 2.15. The smallest absolute Gasteiger partial charge is 0.315 e. The molecule has 0 spiro atoms. The van der Waals surface area contributed by atoms with Crippen molar-refractivity contribution in [3.63, 3.8) is 0 Å². The van der Waals surface area contributed by atoms with Crippen LogP contribution in [0, 0.1) is 6.92 Å². The summed E-state index contributed by atoms with van der Waals surface area (Å²) in [6.07, 6.45) is 0.0621. The molecule has 0 saturated carbocycles. The minimum Gasteiger partial charge on any atom is -0.463 e. The topological polar surface area (TPSA) is 67.4 Å². The number of carbonyl (C=O) groups excluding carboxylic acids is 2. The molecule has 0 aliphatic rings. The van der Waals surface area contributed by atoms with Crippen LogP contribution in [0.5, 0.6) is 0 Å². The molecule has 2 N–H and O–H groups in total. The quantitative estimate of drug-likeness (QED) is 0.787. The number of ether oxygens (including phenoxy) is 1. The van der Waals surface area contributed by atoms with Gasteiger partial charge < -0.3 is 15.4 Å². The molecule has 0 atom stereocenters. The molecule has 0 aliphatic carbocycles. The van der Waals surface area contributed by atoms with Crippen LogP contribution in [0.3, 0.4) is 0 Å². The Hall–Kier alpha value is -1.56. The van der Waals surface area contributed by atoms with Crippen molar-refractivity contribution >= 4 is 23.3 Å². The fraction of sp³-hybridized carbons (Fsp3) is 0.538. The molecule has 5 nitrogen and oxygen atoms in total. The van der Waals surface area contributed by atoms with Crippen LogP contribution in [0.15, 0.2) is 11.4 Å². The van der Waals surface area contributed by atoms with Gasteiger partial charge in [0.2, 0.25) is 0 Å². The molecular formula is C13H20N2O3S. The Labute approximate surface area is 117 Å². The first kappa shape index (κ1) is 15.5. The van der Waals surface area contributed by atoms with Crippen LogP contribution in [0.1, 0.15) is 30.7 Å². The number of nitrogens with one attached hydrogen (secondary N) is 2. The Morgan fingerprint density at radius 1 is 1.37 bits per heavy atom. The standard InChI is InChI=1S/C13H20N2O3S/c1-9(2)18-12(16)4-6-14-13(17)15-8-11-10(3)5-7-19-11/h5,7,9H,4,6,8H2,1-3H3,(H2,14,15,17). The van der Waals surface area contributed by atoms with E-state index < -0.39 is 0 Å². The van der Waals surface area contributed by atoms with Crippen molar-refractivity contribution in [3.8, 4) is 0 Å². The molecule has 0 fully saturated rings. The van der Waals surface area contributed by atoms with Crippen LogP contribution in [-0.4, -0.2) is 24.6 Å². The summed E-state index contributed by atoms with van der Waals surface area (Å²) >= 11 is 1.61. The number of hydrogen-bond donors (Lipinski definition) is 2. The summed E-state index contributed by atoms with van der Waals surface area (Å²) in [5.41, 5.74) is 1.17. The molecular weight excluding hydrogens is 264 g/mol. The van der Waals surface area contributed by atoms with Crippen molar-refractivity contribution in [1.29, 1.82) is 0 Å². The number of esters is 1. The minimum atomic E-state index is -0.301. The molecule has 0 unspecified atom stereocenters. The fourth-order valence-corrected chi connectivity index (χ4v) is 2.25. The van der Waals surface area contributed by atoms with Crippen LogP contribution < -0.4 is 10.6 Å². The van der Waals surface area contributed by atoms with Gasteiger partial charge in [-0.3, -0.25) is 4.79 Å². The lowest BCUT2D eigenvalue weighted by molar-refractivity contribution is -0.147. The molecule has 6 heteroatoms. The summed E-state index contributed by atoms with van der Waals surface area (Å²) in [6.45, 7) is 6.38. The van der Waals surface area contributed by atoms with Gasteiger partial charge in [0, 0.05) is 11.4 Å². The van der Waals surface area contributed by atoms with Crippen LogP contribution in [-0.2, 0) is 16.1 Å². The van der Waals surface area contributed by atoms with Crippen molar-refractivity contribution in [2.24, 2.45) is 0 Å². The third-order valence-electron chi connectivity index (χ3n) is 2.36. The Morgan fingerprint density at radius 2 is 2.11 bits per heavy atom. The number of carbonyl (C=O) groups is 2. The van der Waals surface area contributed by atoms with Gasteiger partial charge >= 0.3 is 12.0 Å². The summed E-state index contributed by atoms with van der Waals surface area (Å²) in [5.74, 6) is -0.301. The van der Waals surface area contributed by atoms with Crippen LogP contribution in [0.4, 0.5) is 4.79 Å². The lowest BCUT2D eigenvalue weighted by Gasteiger charge is -2.09. The lowest BCUT2D eigenvalue weighted by Crippen LogP contribution is -2.36. The second kappa shape index (κ2) is 7.78. The first-order valence-electron chi connectivity index (χ1n) is 6.23. The summed E-state index contributed by atoms with van der Waals surface area (Å²) in [6, 6.07) is 1.74. The Morgan fingerprint density at radius 3 is 2.68 bits per heavy atom. The van der Waals surface area contributed by atoms with Crippen molar-refractivity contribution < 1.29 is 14.3 Å². The monoisotopic (exact) mass is 284 g/mol. The fourth-order valence-electron chi connectivity index (χ4n) is 1.41. The number of amides is 2. The predicted molar refractivity (Wildman–Crippen MR) is 75.1 cm³/mol. The maximum Gasteiger partial charge on any atom is 0.315 e. The van der Waals surface area contributed by atoms with Gasteiger partial charge in [0.15, 0.2) is 0 Å².